The number of hydrogen-bond donors (Lipinski definition) is 1. The molecule has 0 amide bonds. The minimum atomic E-state index is -0.398. The number of rotatable bonds is 1. The van der Waals surface area contributed by atoms with E-state index >= 15 is 0 Å². The first-order chi connectivity index (χ1) is 5.13. The van der Waals surface area contributed by atoms with Gasteiger partial charge in [0, 0.05) is 4.47 Å². The summed E-state index contributed by atoms with van der Waals surface area (Å²) >= 11 is 3.39. The first-order valence-corrected chi connectivity index (χ1v) is 4.35. The van der Waals surface area contributed by atoms with Gasteiger partial charge in [-0.1, -0.05) is 28.1 Å². The molecule has 2 heteroatoms. The Balaban J connectivity index is 3.21. The normalized spacial score (nSPS) is 13.1. The molecule has 0 spiro atoms. The van der Waals surface area contributed by atoms with Crippen LogP contribution in [-0.2, 0) is 0 Å². The molecule has 0 aromatic heterocycles. The largest absolute Gasteiger partial charge is 0.389 e. The minimum Gasteiger partial charge on any atom is -0.389 e. The van der Waals surface area contributed by atoms with Gasteiger partial charge in [-0.05, 0) is 31.0 Å². The van der Waals surface area contributed by atoms with E-state index in [1.54, 1.807) is 6.92 Å². The van der Waals surface area contributed by atoms with E-state index in [4.69, 9.17) is 0 Å². The molecule has 11 heavy (non-hydrogen) atoms. The fourth-order valence-electron chi connectivity index (χ4n) is 1.17. The van der Waals surface area contributed by atoms with Crippen LogP contribution in [0.1, 0.15) is 24.2 Å². The highest BCUT2D eigenvalue weighted by molar-refractivity contribution is 9.10. The van der Waals surface area contributed by atoms with Crippen LogP contribution in [0.4, 0.5) is 0 Å². The van der Waals surface area contributed by atoms with Crippen LogP contribution >= 0.6 is 15.9 Å². The predicted octanol–water partition coefficient (Wildman–Crippen LogP) is 2.81. The van der Waals surface area contributed by atoms with Crippen LogP contribution in [0.25, 0.3) is 0 Å². The highest BCUT2D eigenvalue weighted by atomic mass is 79.9. The van der Waals surface area contributed by atoms with Crippen molar-refractivity contribution >= 4 is 15.9 Å². The van der Waals surface area contributed by atoms with Crippen molar-refractivity contribution in [3.63, 3.8) is 0 Å². The average Bonchev–Trinajstić information content (AvgIpc) is 1.85. The number of aliphatic hydroxyl groups excluding tert-OH is 1. The maximum atomic E-state index is 9.36. The molecule has 0 unspecified atom stereocenters. The summed E-state index contributed by atoms with van der Waals surface area (Å²) in [5, 5.41) is 9.36. The van der Waals surface area contributed by atoms with Gasteiger partial charge < -0.3 is 5.11 Å². The summed E-state index contributed by atoms with van der Waals surface area (Å²) in [5.74, 6) is 0. The lowest BCUT2D eigenvalue weighted by atomic mass is 10.1. The van der Waals surface area contributed by atoms with Gasteiger partial charge in [0.05, 0.1) is 6.10 Å². The third-order valence-electron chi connectivity index (χ3n) is 1.69. The second-order valence-electron chi connectivity index (χ2n) is 2.65. The summed E-state index contributed by atoms with van der Waals surface area (Å²) < 4.78 is 0.979. The second kappa shape index (κ2) is 3.37. The summed E-state index contributed by atoms with van der Waals surface area (Å²) in [7, 11) is 0. The molecule has 0 aliphatic rings. The van der Waals surface area contributed by atoms with Crippen LogP contribution in [0.3, 0.4) is 0 Å². The molecule has 1 N–H and O–H groups in total. The van der Waals surface area contributed by atoms with Crippen molar-refractivity contribution in [1.82, 2.24) is 0 Å². The third-order valence-corrected chi connectivity index (χ3v) is 2.38. The highest BCUT2D eigenvalue weighted by Gasteiger charge is 2.07. The molecule has 1 atom stereocenters. The van der Waals surface area contributed by atoms with E-state index in [1.165, 1.54) is 0 Å². The zero-order chi connectivity index (χ0) is 8.43. The number of halogens is 1. The highest BCUT2D eigenvalue weighted by Crippen LogP contribution is 2.25. The smallest absolute Gasteiger partial charge is 0.0775 e. The monoisotopic (exact) mass is 214 g/mol. The Bertz CT molecular complexity index is 235. The van der Waals surface area contributed by atoms with Gasteiger partial charge in [-0.15, -0.1) is 0 Å². The number of benzene rings is 1. The standard InChI is InChI=1S/C9H11BrO/c1-6-4-3-5-8(10)9(6)7(2)11/h3-5,7,11H,1-2H3/t7-/m1/s1. The van der Waals surface area contributed by atoms with E-state index in [2.05, 4.69) is 15.9 Å². The summed E-state index contributed by atoms with van der Waals surface area (Å²) in [5.41, 5.74) is 2.10. The van der Waals surface area contributed by atoms with Crippen molar-refractivity contribution < 1.29 is 5.11 Å². The first kappa shape index (κ1) is 8.75. The Labute approximate surface area is 75.2 Å². The molecule has 0 saturated carbocycles. The number of aliphatic hydroxyl groups is 1. The molecule has 0 saturated heterocycles. The SMILES string of the molecule is Cc1cccc(Br)c1[C@@H](C)O. The molecule has 0 aliphatic carbocycles. The molecule has 0 bridgehead atoms. The molecule has 1 aromatic carbocycles. The molecular formula is C9H11BrO. The van der Waals surface area contributed by atoms with Gasteiger partial charge in [0.15, 0.2) is 0 Å². The van der Waals surface area contributed by atoms with Crippen molar-refractivity contribution in [3.8, 4) is 0 Å². The number of aryl methyl sites for hydroxylation is 1. The summed E-state index contributed by atoms with van der Waals surface area (Å²) in [4.78, 5) is 0. The van der Waals surface area contributed by atoms with E-state index < -0.39 is 6.10 Å². The van der Waals surface area contributed by atoms with E-state index in [9.17, 15) is 5.11 Å². The maximum Gasteiger partial charge on any atom is 0.0775 e. The minimum absolute atomic E-state index is 0.398. The fourth-order valence-corrected chi connectivity index (χ4v) is 1.97. The van der Waals surface area contributed by atoms with Crippen LogP contribution in [0.5, 0.6) is 0 Å². The van der Waals surface area contributed by atoms with Gasteiger partial charge >= 0.3 is 0 Å². The van der Waals surface area contributed by atoms with Gasteiger partial charge in [-0.3, -0.25) is 0 Å². The molecule has 1 nitrogen and oxygen atoms in total. The van der Waals surface area contributed by atoms with E-state index in [0.29, 0.717) is 0 Å². The second-order valence-corrected chi connectivity index (χ2v) is 3.50. The van der Waals surface area contributed by atoms with E-state index in [1.807, 2.05) is 25.1 Å². The van der Waals surface area contributed by atoms with Crippen LogP contribution < -0.4 is 0 Å². The molecule has 60 valence electrons. The first-order valence-electron chi connectivity index (χ1n) is 3.56. The lowest BCUT2D eigenvalue weighted by Gasteiger charge is -2.10. The van der Waals surface area contributed by atoms with Gasteiger partial charge in [0.25, 0.3) is 0 Å². The van der Waals surface area contributed by atoms with Crippen LogP contribution in [0.15, 0.2) is 22.7 Å². The third kappa shape index (κ3) is 1.82. The average molecular weight is 215 g/mol. The Morgan fingerprint density at radius 2 is 2.09 bits per heavy atom. The van der Waals surface area contributed by atoms with Crippen molar-refractivity contribution in [1.29, 1.82) is 0 Å². The molecule has 0 heterocycles. The molecule has 0 fully saturated rings. The summed E-state index contributed by atoms with van der Waals surface area (Å²) in [6.07, 6.45) is -0.398. The zero-order valence-electron chi connectivity index (χ0n) is 6.63. The predicted molar refractivity (Wildman–Crippen MR) is 49.5 cm³/mol. The van der Waals surface area contributed by atoms with Gasteiger partial charge in [-0.25, -0.2) is 0 Å². The molecule has 0 aliphatic heterocycles. The van der Waals surface area contributed by atoms with Gasteiger partial charge in [0.2, 0.25) is 0 Å². The van der Waals surface area contributed by atoms with Gasteiger partial charge in [-0.2, -0.15) is 0 Å². The van der Waals surface area contributed by atoms with Crippen LogP contribution in [0, 0.1) is 6.92 Å². The van der Waals surface area contributed by atoms with Crippen molar-refractivity contribution in [2.24, 2.45) is 0 Å². The molecule has 0 radical (unpaired) electrons. The van der Waals surface area contributed by atoms with Crippen LogP contribution in [0.2, 0.25) is 0 Å². The van der Waals surface area contributed by atoms with Gasteiger partial charge in [0.1, 0.15) is 0 Å². The lowest BCUT2D eigenvalue weighted by molar-refractivity contribution is 0.198. The Morgan fingerprint density at radius 3 is 2.45 bits per heavy atom. The molecule has 1 rings (SSSR count). The van der Waals surface area contributed by atoms with Crippen LogP contribution in [-0.4, -0.2) is 5.11 Å². The van der Waals surface area contributed by atoms with E-state index in [0.717, 1.165) is 15.6 Å². The van der Waals surface area contributed by atoms with E-state index in [-0.39, 0.29) is 0 Å². The van der Waals surface area contributed by atoms with Crippen molar-refractivity contribution in [3.05, 3.63) is 33.8 Å². The lowest BCUT2D eigenvalue weighted by Crippen LogP contribution is -1.95. The quantitative estimate of drug-likeness (QED) is 0.763. The Hall–Kier alpha value is -0.340. The summed E-state index contributed by atoms with van der Waals surface area (Å²) in [6, 6.07) is 5.90. The topological polar surface area (TPSA) is 20.2 Å². The summed E-state index contributed by atoms with van der Waals surface area (Å²) in [6.45, 7) is 3.76. The van der Waals surface area contributed by atoms with Crippen molar-refractivity contribution in [2.45, 2.75) is 20.0 Å². The molecule has 1 aromatic rings. The maximum absolute atomic E-state index is 9.36. The Kier molecular flexibility index (Phi) is 2.68. The number of hydrogen-bond acceptors (Lipinski definition) is 1. The van der Waals surface area contributed by atoms with Crippen molar-refractivity contribution in [2.75, 3.05) is 0 Å². The fraction of sp³-hybridized carbons (Fsp3) is 0.333. The zero-order valence-corrected chi connectivity index (χ0v) is 8.22. The Morgan fingerprint density at radius 1 is 1.45 bits per heavy atom. The molecular weight excluding hydrogens is 204 g/mol.